The predicted octanol–water partition coefficient (Wildman–Crippen LogP) is 3.02. The van der Waals surface area contributed by atoms with Crippen molar-refractivity contribution in [2.75, 3.05) is 6.61 Å². The summed E-state index contributed by atoms with van der Waals surface area (Å²) < 4.78 is 4.79. The number of esters is 1. The van der Waals surface area contributed by atoms with E-state index < -0.39 is 6.04 Å². The second-order valence-corrected chi connectivity index (χ2v) is 4.18. The maximum absolute atomic E-state index is 11.7. The molecular formula is C17H27NO3. The van der Waals surface area contributed by atoms with Gasteiger partial charge in [0, 0.05) is 6.42 Å². The minimum atomic E-state index is -0.466. The Morgan fingerprint density at radius 2 is 1.86 bits per heavy atom. The molecule has 0 spiro atoms. The van der Waals surface area contributed by atoms with Crippen molar-refractivity contribution in [3.63, 3.8) is 0 Å². The Labute approximate surface area is 127 Å². The topological polar surface area (TPSA) is 55.4 Å². The monoisotopic (exact) mass is 293 g/mol. The number of aryl methyl sites for hydroxylation is 1. The number of carbonyl (C=O) groups excluding carboxylic acids is 2. The van der Waals surface area contributed by atoms with E-state index in [4.69, 9.17) is 4.74 Å². The fourth-order valence-corrected chi connectivity index (χ4v) is 1.85. The van der Waals surface area contributed by atoms with Gasteiger partial charge in [-0.1, -0.05) is 52.0 Å². The van der Waals surface area contributed by atoms with Gasteiger partial charge in [0.15, 0.2) is 0 Å². The molecule has 1 aliphatic heterocycles. The Hall–Kier alpha value is -1.84. The molecule has 2 rings (SSSR count). The number of amides is 1. The van der Waals surface area contributed by atoms with Gasteiger partial charge in [-0.3, -0.25) is 4.79 Å². The van der Waals surface area contributed by atoms with Crippen molar-refractivity contribution < 1.29 is 14.3 Å². The van der Waals surface area contributed by atoms with Crippen molar-refractivity contribution in [3.8, 4) is 0 Å². The van der Waals surface area contributed by atoms with Crippen LogP contribution in [0.1, 0.15) is 45.2 Å². The van der Waals surface area contributed by atoms with Gasteiger partial charge in [0.1, 0.15) is 6.04 Å². The average Bonchev–Trinajstić information content (AvgIpc) is 2.91. The minimum Gasteiger partial charge on any atom is -0.464 e. The highest BCUT2D eigenvalue weighted by atomic mass is 16.5. The fraction of sp³-hybridized carbons (Fsp3) is 0.529. The zero-order valence-electron chi connectivity index (χ0n) is 13.7. The van der Waals surface area contributed by atoms with E-state index in [9.17, 15) is 9.59 Å². The molecule has 1 aromatic rings. The van der Waals surface area contributed by atoms with Crippen LogP contribution in [0.15, 0.2) is 24.3 Å². The van der Waals surface area contributed by atoms with Crippen molar-refractivity contribution in [1.29, 1.82) is 0 Å². The van der Waals surface area contributed by atoms with Gasteiger partial charge in [0.2, 0.25) is 5.91 Å². The quantitative estimate of drug-likeness (QED) is 0.872. The summed E-state index contributed by atoms with van der Waals surface area (Å²) in [7, 11) is 0. The molecule has 1 aliphatic rings. The number of benzene rings is 1. The third-order valence-electron chi connectivity index (χ3n) is 2.88. The molecule has 0 saturated carbocycles. The molecule has 0 radical (unpaired) electrons. The molecule has 4 heteroatoms. The van der Waals surface area contributed by atoms with Crippen molar-refractivity contribution in [2.24, 2.45) is 0 Å². The molecule has 1 N–H and O–H groups in total. The summed E-state index contributed by atoms with van der Waals surface area (Å²) in [4.78, 5) is 22.9. The number of rotatable bonds is 3. The number of hydrogen-bond donors (Lipinski definition) is 1. The zero-order chi connectivity index (χ0) is 16.3. The predicted molar refractivity (Wildman–Crippen MR) is 85.1 cm³/mol. The van der Waals surface area contributed by atoms with Crippen molar-refractivity contribution in [1.82, 2.24) is 5.32 Å². The molecule has 1 fully saturated rings. The number of carbonyl (C=O) groups is 2. The highest BCUT2D eigenvalue weighted by Crippen LogP contribution is 2.09. The maximum Gasteiger partial charge on any atom is 0.328 e. The van der Waals surface area contributed by atoms with Gasteiger partial charge in [-0.2, -0.15) is 0 Å². The van der Waals surface area contributed by atoms with Crippen LogP contribution < -0.4 is 5.32 Å². The molecule has 1 amide bonds. The minimum absolute atomic E-state index is 0.136. The molecule has 1 aromatic carbocycles. The largest absolute Gasteiger partial charge is 0.464 e. The number of hydrogen-bond acceptors (Lipinski definition) is 3. The highest BCUT2D eigenvalue weighted by molar-refractivity contribution is 5.86. The standard InChI is InChI=1S/C13H15NO3.2C2H6/c1-9-4-2-3-5-10(9)8-12(15)14-11-6-7-17-13(11)16;2*1-2/h2-5,11H,6-8H2,1H3,(H,14,15);2*1-2H3. The molecular weight excluding hydrogens is 266 g/mol. The molecule has 21 heavy (non-hydrogen) atoms. The van der Waals surface area contributed by atoms with Crippen molar-refractivity contribution in [3.05, 3.63) is 35.4 Å². The van der Waals surface area contributed by atoms with Crippen LogP contribution in [0.25, 0.3) is 0 Å². The van der Waals surface area contributed by atoms with Crippen LogP contribution in [-0.4, -0.2) is 24.5 Å². The SMILES string of the molecule is CC.CC.Cc1ccccc1CC(=O)NC1CCOC1=O. The lowest BCUT2D eigenvalue weighted by molar-refractivity contribution is -0.141. The van der Waals surface area contributed by atoms with E-state index in [1.54, 1.807) is 0 Å². The lowest BCUT2D eigenvalue weighted by Gasteiger charge is -2.09. The van der Waals surface area contributed by atoms with Gasteiger partial charge < -0.3 is 10.1 Å². The Balaban J connectivity index is 0.000000921. The van der Waals surface area contributed by atoms with Crippen LogP contribution in [0.4, 0.5) is 0 Å². The van der Waals surface area contributed by atoms with Gasteiger partial charge in [-0.15, -0.1) is 0 Å². The van der Waals surface area contributed by atoms with Gasteiger partial charge in [-0.05, 0) is 18.1 Å². The molecule has 0 bridgehead atoms. The Kier molecular flexibility index (Phi) is 9.94. The molecule has 1 atom stereocenters. The fourth-order valence-electron chi connectivity index (χ4n) is 1.85. The Morgan fingerprint density at radius 1 is 1.24 bits per heavy atom. The third kappa shape index (κ3) is 6.43. The van der Waals surface area contributed by atoms with E-state index >= 15 is 0 Å². The normalized spacial score (nSPS) is 15.9. The number of nitrogens with one attached hydrogen (secondary N) is 1. The first kappa shape index (κ1) is 19.2. The van der Waals surface area contributed by atoms with Crippen LogP contribution in [0.2, 0.25) is 0 Å². The lowest BCUT2D eigenvalue weighted by atomic mass is 10.1. The maximum atomic E-state index is 11.7. The van der Waals surface area contributed by atoms with E-state index in [0.29, 0.717) is 19.4 Å². The molecule has 4 nitrogen and oxygen atoms in total. The zero-order valence-corrected chi connectivity index (χ0v) is 13.7. The van der Waals surface area contributed by atoms with E-state index in [0.717, 1.165) is 11.1 Å². The summed E-state index contributed by atoms with van der Waals surface area (Å²) in [5.41, 5.74) is 2.06. The van der Waals surface area contributed by atoms with Gasteiger partial charge >= 0.3 is 5.97 Å². The second kappa shape index (κ2) is 10.9. The molecule has 1 heterocycles. The molecule has 0 aromatic heterocycles. The molecule has 0 aliphatic carbocycles. The van der Waals surface area contributed by atoms with E-state index in [-0.39, 0.29) is 11.9 Å². The summed E-state index contributed by atoms with van der Waals surface area (Å²) in [6.07, 6.45) is 0.870. The Morgan fingerprint density at radius 3 is 2.38 bits per heavy atom. The van der Waals surface area contributed by atoms with Gasteiger partial charge in [0.25, 0.3) is 0 Å². The summed E-state index contributed by atoms with van der Waals surface area (Å²) in [6, 6.07) is 7.25. The number of ether oxygens (including phenoxy) is 1. The summed E-state index contributed by atoms with van der Waals surface area (Å²) in [5.74, 6) is -0.466. The third-order valence-corrected chi connectivity index (χ3v) is 2.88. The molecule has 118 valence electrons. The summed E-state index contributed by atoms with van der Waals surface area (Å²) >= 11 is 0. The van der Waals surface area contributed by atoms with E-state index in [1.807, 2.05) is 58.9 Å². The Bertz CT molecular complexity index is 443. The number of cyclic esters (lactones) is 1. The van der Waals surface area contributed by atoms with Crippen LogP contribution in [0, 0.1) is 6.92 Å². The molecule has 1 saturated heterocycles. The average molecular weight is 293 g/mol. The van der Waals surface area contributed by atoms with Crippen LogP contribution in [-0.2, 0) is 20.7 Å². The first-order chi connectivity index (χ1) is 10.2. The van der Waals surface area contributed by atoms with Crippen LogP contribution in [0.3, 0.4) is 0 Å². The summed E-state index contributed by atoms with van der Waals surface area (Å²) in [5, 5.41) is 2.69. The van der Waals surface area contributed by atoms with Crippen molar-refractivity contribution >= 4 is 11.9 Å². The summed E-state index contributed by atoms with van der Waals surface area (Å²) in [6.45, 7) is 10.4. The van der Waals surface area contributed by atoms with Crippen LogP contribution in [0.5, 0.6) is 0 Å². The highest BCUT2D eigenvalue weighted by Gasteiger charge is 2.27. The van der Waals surface area contributed by atoms with Crippen LogP contribution >= 0.6 is 0 Å². The van der Waals surface area contributed by atoms with E-state index in [1.165, 1.54) is 0 Å². The van der Waals surface area contributed by atoms with Gasteiger partial charge in [-0.25, -0.2) is 4.79 Å². The smallest absolute Gasteiger partial charge is 0.328 e. The first-order valence-corrected chi connectivity index (χ1v) is 7.67. The lowest BCUT2D eigenvalue weighted by Crippen LogP contribution is -2.38. The second-order valence-electron chi connectivity index (χ2n) is 4.18. The first-order valence-electron chi connectivity index (χ1n) is 7.67. The van der Waals surface area contributed by atoms with Crippen molar-refractivity contribution in [2.45, 2.75) is 53.5 Å². The van der Waals surface area contributed by atoms with Gasteiger partial charge in [0.05, 0.1) is 13.0 Å². The molecule has 1 unspecified atom stereocenters. The van der Waals surface area contributed by atoms with E-state index in [2.05, 4.69) is 5.32 Å².